The monoisotopic (exact) mass is 159 g/mol. The first-order chi connectivity index (χ1) is 4.74. The smallest absolute Gasteiger partial charge is 0.229 e. The number of hydrogen-bond donors (Lipinski definition) is 2. The van der Waals surface area contributed by atoms with Crippen molar-refractivity contribution in [3.05, 3.63) is 17.5 Å². The Morgan fingerprint density at radius 1 is 1.80 bits per heavy atom. The Bertz CT molecular complexity index is 198. The molecule has 1 aliphatic rings. The molecule has 0 aliphatic carbocycles. The molecular weight excluding hydrogens is 152 g/mol. The fourth-order valence-electron chi connectivity index (χ4n) is 0.606. The minimum Gasteiger partial charge on any atom is -0.492 e. The molecule has 0 aromatic rings. The Morgan fingerprint density at radius 2 is 2.50 bits per heavy atom. The van der Waals surface area contributed by atoms with Crippen molar-refractivity contribution in [2.24, 2.45) is 4.99 Å². The van der Waals surface area contributed by atoms with Crippen LogP contribution in [0, 0.1) is 6.54 Å². The topological polar surface area (TPSA) is 44.6 Å². The Labute approximate surface area is 64.4 Å². The van der Waals surface area contributed by atoms with E-state index in [1.54, 1.807) is 0 Å². The molecule has 10 heavy (non-hydrogen) atoms. The summed E-state index contributed by atoms with van der Waals surface area (Å²) in [5.41, 5.74) is 0. The van der Waals surface area contributed by atoms with E-state index >= 15 is 0 Å². The molecule has 55 valence electrons. The molecule has 0 amide bonds. The van der Waals surface area contributed by atoms with Gasteiger partial charge in [-0.1, -0.05) is 18.5 Å². The number of aliphatic hydroxyl groups is 1. The molecule has 0 fully saturated rings. The molecule has 2 N–H and O–H groups in total. The Hall–Kier alpha value is -0.700. The molecule has 3 nitrogen and oxygen atoms in total. The molecule has 0 atom stereocenters. The van der Waals surface area contributed by atoms with Crippen molar-refractivity contribution in [2.45, 2.75) is 13.3 Å². The molecule has 0 spiro atoms. The molecule has 1 rings (SSSR count). The highest BCUT2D eigenvalue weighted by Gasteiger charge is 2.09. The third kappa shape index (κ3) is 1.42. The number of halogens is 1. The summed E-state index contributed by atoms with van der Waals surface area (Å²) in [5, 5.41) is 12.0. The zero-order valence-corrected chi connectivity index (χ0v) is 6.31. The SMILES string of the molecule is CCC1=NC(O)=C(Cl)[CH]N1. The van der Waals surface area contributed by atoms with E-state index in [0.717, 1.165) is 12.3 Å². The fraction of sp³-hybridized carbons (Fsp3) is 0.333. The molecule has 0 saturated heterocycles. The fourth-order valence-corrected chi connectivity index (χ4v) is 0.703. The van der Waals surface area contributed by atoms with Crippen LogP contribution in [0.5, 0.6) is 0 Å². The molecule has 1 heterocycles. The summed E-state index contributed by atoms with van der Waals surface area (Å²) < 4.78 is 0. The van der Waals surface area contributed by atoms with E-state index < -0.39 is 0 Å². The van der Waals surface area contributed by atoms with Gasteiger partial charge in [-0.3, -0.25) is 0 Å². The van der Waals surface area contributed by atoms with Crippen LogP contribution in [-0.4, -0.2) is 10.9 Å². The largest absolute Gasteiger partial charge is 0.492 e. The van der Waals surface area contributed by atoms with Crippen molar-refractivity contribution in [1.82, 2.24) is 5.32 Å². The van der Waals surface area contributed by atoms with E-state index in [2.05, 4.69) is 10.3 Å². The summed E-state index contributed by atoms with van der Waals surface area (Å²) in [6.45, 7) is 3.45. The lowest BCUT2D eigenvalue weighted by Crippen LogP contribution is -2.23. The highest BCUT2D eigenvalue weighted by Crippen LogP contribution is 2.14. The third-order valence-corrected chi connectivity index (χ3v) is 1.43. The quantitative estimate of drug-likeness (QED) is 0.610. The van der Waals surface area contributed by atoms with Crippen LogP contribution in [0.1, 0.15) is 13.3 Å². The number of amidine groups is 1. The minimum atomic E-state index is -0.114. The predicted molar refractivity (Wildman–Crippen MR) is 40.7 cm³/mol. The Morgan fingerprint density at radius 3 is 3.00 bits per heavy atom. The zero-order chi connectivity index (χ0) is 7.56. The van der Waals surface area contributed by atoms with E-state index in [9.17, 15) is 0 Å². The van der Waals surface area contributed by atoms with Crippen LogP contribution >= 0.6 is 11.6 Å². The van der Waals surface area contributed by atoms with Gasteiger partial charge in [0.05, 0.1) is 6.54 Å². The van der Waals surface area contributed by atoms with Gasteiger partial charge >= 0.3 is 0 Å². The van der Waals surface area contributed by atoms with E-state index in [-0.39, 0.29) is 10.9 Å². The van der Waals surface area contributed by atoms with E-state index in [1.807, 2.05) is 6.92 Å². The van der Waals surface area contributed by atoms with Gasteiger partial charge in [-0.15, -0.1) is 0 Å². The molecule has 4 heteroatoms. The number of hydrogen-bond acceptors (Lipinski definition) is 3. The van der Waals surface area contributed by atoms with Gasteiger partial charge in [0.15, 0.2) is 0 Å². The second-order valence-corrected chi connectivity index (χ2v) is 2.28. The van der Waals surface area contributed by atoms with Gasteiger partial charge in [0, 0.05) is 6.42 Å². The van der Waals surface area contributed by atoms with Crippen molar-refractivity contribution in [3.63, 3.8) is 0 Å². The van der Waals surface area contributed by atoms with E-state index in [4.69, 9.17) is 16.7 Å². The second-order valence-electron chi connectivity index (χ2n) is 1.87. The van der Waals surface area contributed by atoms with Crippen molar-refractivity contribution >= 4 is 17.4 Å². The lowest BCUT2D eigenvalue weighted by molar-refractivity contribution is 0.401. The van der Waals surface area contributed by atoms with Gasteiger partial charge in [0.1, 0.15) is 10.9 Å². The maximum atomic E-state index is 8.97. The lowest BCUT2D eigenvalue weighted by atomic mass is 10.4. The van der Waals surface area contributed by atoms with Crippen LogP contribution in [0.15, 0.2) is 15.9 Å². The minimum absolute atomic E-state index is 0.114. The van der Waals surface area contributed by atoms with Crippen LogP contribution in [0.3, 0.4) is 0 Å². The molecule has 0 aromatic heterocycles. The second kappa shape index (κ2) is 2.92. The predicted octanol–water partition coefficient (Wildman–Crippen LogP) is 1.53. The van der Waals surface area contributed by atoms with Crippen molar-refractivity contribution in [1.29, 1.82) is 0 Å². The highest BCUT2D eigenvalue weighted by atomic mass is 35.5. The number of nitrogens with one attached hydrogen (secondary N) is 1. The number of aliphatic imine (C=N–C) groups is 1. The Balaban J connectivity index is 2.76. The maximum absolute atomic E-state index is 8.97. The van der Waals surface area contributed by atoms with Crippen molar-refractivity contribution in [3.8, 4) is 0 Å². The summed E-state index contributed by atoms with van der Waals surface area (Å²) >= 11 is 5.49. The van der Waals surface area contributed by atoms with Crippen LogP contribution in [0.25, 0.3) is 0 Å². The van der Waals surface area contributed by atoms with Crippen molar-refractivity contribution < 1.29 is 5.11 Å². The van der Waals surface area contributed by atoms with Crippen LogP contribution in [0.4, 0.5) is 0 Å². The summed E-state index contributed by atoms with van der Waals surface area (Å²) in [7, 11) is 0. The molecule has 0 bridgehead atoms. The summed E-state index contributed by atoms with van der Waals surface area (Å²) in [4.78, 5) is 3.76. The summed E-state index contributed by atoms with van der Waals surface area (Å²) in [6.07, 6.45) is 0.755. The molecular formula is C6H8ClN2O. The van der Waals surface area contributed by atoms with E-state index in [1.165, 1.54) is 6.54 Å². The first-order valence-electron chi connectivity index (χ1n) is 3.00. The summed E-state index contributed by atoms with van der Waals surface area (Å²) in [6, 6.07) is 0. The van der Waals surface area contributed by atoms with Crippen LogP contribution < -0.4 is 5.32 Å². The van der Waals surface area contributed by atoms with Gasteiger partial charge in [0.25, 0.3) is 0 Å². The van der Waals surface area contributed by atoms with Gasteiger partial charge in [0.2, 0.25) is 5.88 Å². The molecule has 1 radical (unpaired) electrons. The number of aliphatic hydroxyl groups excluding tert-OH is 1. The van der Waals surface area contributed by atoms with Gasteiger partial charge in [-0.05, 0) is 0 Å². The molecule has 0 saturated carbocycles. The first-order valence-corrected chi connectivity index (χ1v) is 3.38. The highest BCUT2D eigenvalue weighted by molar-refractivity contribution is 6.31. The molecule has 0 unspecified atom stereocenters. The number of rotatable bonds is 1. The lowest BCUT2D eigenvalue weighted by Gasteiger charge is -2.11. The standard InChI is InChI=1S/C6H8ClN2O/c1-2-5-8-3-4(7)6(10)9-5/h3,10H,2H2,1H3,(H,8,9). The van der Waals surface area contributed by atoms with Crippen molar-refractivity contribution in [2.75, 3.05) is 0 Å². The van der Waals surface area contributed by atoms with Gasteiger partial charge in [-0.2, -0.15) is 4.99 Å². The average Bonchev–Trinajstić information content (AvgIpc) is 1.95. The number of nitrogens with zero attached hydrogens (tertiary/aromatic N) is 1. The normalized spacial score (nSPS) is 18.4. The van der Waals surface area contributed by atoms with E-state index in [0.29, 0.717) is 0 Å². The zero-order valence-electron chi connectivity index (χ0n) is 5.56. The van der Waals surface area contributed by atoms with Crippen LogP contribution in [0.2, 0.25) is 0 Å². The average molecular weight is 160 g/mol. The maximum Gasteiger partial charge on any atom is 0.229 e. The Kier molecular flexibility index (Phi) is 2.17. The summed E-state index contributed by atoms with van der Waals surface area (Å²) in [5.74, 6) is 0.610. The first kappa shape index (κ1) is 7.41. The molecule has 0 aromatic carbocycles. The third-order valence-electron chi connectivity index (χ3n) is 1.15. The van der Waals surface area contributed by atoms with Gasteiger partial charge < -0.3 is 10.4 Å². The van der Waals surface area contributed by atoms with Gasteiger partial charge in [-0.25, -0.2) is 0 Å². The molecule has 1 aliphatic heterocycles. The van der Waals surface area contributed by atoms with Crippen LogP contribution in [-0.2, 0) is 0 Å².